The molecule has 5 heteroatoms. The van der Waals surface area contributed by atoms with Crippen molar-refractivity contribution in [2.24, 2.45) is 0 Å². The topological polar surface area (TPSA) is 29.5 Å². The van der Waals surface area contributed by atoms with E-state index in [0.29, 0.717) is 10.0 Å². The summed E-state index contributed by atoms with van der Waals surface area (Å²) >= 11 is 12.8. The van der Waals surface area contributed by atoms with Crippen LogP contribution in [0.15, 0.2) is 54.6 Å². The van der Waals surface area contributed by atoms with Crippen molar-refractivity contribution >= 4 is 40.5 Å². The highest BCUT2D eigenvalue weighted by molar-refractivity contribution is 6.32. The number of carbonyl (C=O) groups excluding carboxylic acids is 1. The van der Waals surface area contributed by atoms with E-state index in [-0.39, 0.29) is 11.5 Å². The van der Waals surface area contributed by atoms with Gasteiger partial charge in [-0.3, -0.25) is 9.69 Å². The van der Waals surface area contributed by atoms with Gasteiger partial charge in [-0.15, -0.1) is 0 Å². The minimum absolute atomic E-state index is 0.0216. The van der Waals surface area contributed by atoms with Gasteiger partial charge in [0.05, 0.1) is 16.8 Å². The van der Waals surface area contributed by atoms with Crippen molar-refractivity contribution in [3.8, 4) is 5.75 Å². The van der Waals surface area contributed by atoms with Gasteiger partial charge in [-0.25, -0.2) is 0 Å². The number of anilines is 2. The third-order valence-corrected chi connectivity index (χ3v) is 7.45. The molecule has 0 fully saturated rings. The average molecular weight is 466 g/mol. The highest BCUT2D eigenvalue weighted by atomic mass is 35.5. The molecule has 0 aliphatic carbocycles. The Labute approximate surface area is 198 Å². The SMILES string of the molecule is Cc1ccc(N2C(=O)[C@@](C)(c3ccc4c(c3)CCC(C)(C)O4)c3cc(Cl)ccc32)cc1Cl. The molecule has 5 rings (SSSR count). The van der Waals surface area contributed by atoms with Crippen molar-refractivity contribution in [3.05, 3.63) is 86.9 Å². The summed E-state index contributed by atoms with van der Waals surface area (Å²) in [5.41, 5.74) is 4.47. The van der Waals surface area contributed by atoms with Crippen LogP contribution in [0.4, 0.5) is 11.4 Å². The van der Waals surface area contributed by atoms with Crippen LogP contribution in [0.5, 0.6) is 5.75 Å². The first kappa shape index (κ1) is 21.4. The molecule has 3 nitrogen and oxygen atoms in total. The Morgan fingerprint density at radius 1 is 0.969 bits per heavy atom. The maximum absolute atomic E-state index is 14.1. The number of hydrogen-bond acceptors (Lipinski definition) is 2. The zero-order valence-electron chi connectivity index (χ0n) is 18.6. The Hall–Kier alpha value is -2.49. The first-order valence-electron chi connectivity index (χ1n) is 10.8. The molecule has 2 aliphatic heterocycles. The van der Waals surface area contributed by atoms with Crippen molar-refractivity contribution in [2.45, 2.75) is 51.6 Å². The summed E-state index contributed by atoms with van der Waals surface area (Å²) in [5.74, 6) is 0.874. The molecule has 1 amide bonds. The lowest BCUT2D eigenvalue weighted by Gasteiger charge is -2.34. The fourth-order valence-corrected chi connectivity index (χ4v) is 5.12. The van der Waals surface area contributed by atoms with Gasteiger partial charge in [-0.1, -0.05) is 41.4 Å². The molecule has 0 saturated heterocycles. The summed E-state index contributed by atoms with van der Waals surface area (Å²) in [5, 5.41) is 1.24. The summed E-state index contributed by atoms with van der Waals surface area (Å²) in [4.78, 5) is 15.8. The van der Waals surface area contributed by atoms with Gasteiger partial charge < -0.3 is 4.74 Å². The average Bonchev–Trinajstić information content (AvgIpc) is 2.97. The van der Waals surface area contributed by atoms with Crippen molar-refractivity contribution in [3.63, 3.8) is 0 Å². The Bertz CT molecular complexity index is 1270. The number of rotatable bonds is 2. The van der Waals surface area contributed by atoms with Crippen LogP contribution in [0.25, 0.3) is 0 Å². The van der Waals surface area contributed by atoms with Crippen LogP contribution in [0.1, 0.15) is 49.4 Å². The van der Waals surface area contributed by atoms with Gasteiger partial charge in [0.2, 0.25) is 5.91 Å². The number of nitrogens with zero attached hydrogens (tertiary/aromatic N) is 1. The smallest absolute Gasteiger partial charge is 0.246 e. The lowest BCUT2D eigenvalue weighted by Crippen LogP contribution is -2.37. The summed E-state index contributed by atoms with van der Waals surface area (Å²) in [7, 11) is 0. The maximum atomic E-state index is 14.1. The summed E-state index contributed by atoms with van der Waals surface area (Å²) < 4.78 is 6.17. The quantitative estimate of drug-likeness (QED) is 0.394. The number of ether oxygens (including phenoxy) is 1. The van der Waals surface area contributed by atoms with Crippen LogP contribution >= 0.6 is 23.2 Å². The Morgan fingerprint density at radius 2 is 1.75 bits per heavy atom. The fraction of sp³-hybridized carbons (Fsp3) is 0.296. The molecule has 164 valence electrons. The first-order valence-corrected chi connectivity index (χ1v) is 11.6. The van der Waals surface area contributed by atoms with Crippen molar-refractivity contribution in [1.29, 1.82) is 0 Å². The van der Waals surface area contributed by atoms with Gasteiger partial charge in [0.15, 0.2) is 0 Å². The largest absolute Gasteiger partial charge is 0.488 e. The normalized spacial score (nSPS) is 21.2. The van der Waals surface area contributed by atoms with E-state index in [1.807, 2.05) is 62.4 Å². The van der Waals surface area contributed by atoms with Gasteiger partial charge in [0.1, 0.15) is 11.4 Å². The monoisotopic (exact) mass is 465 g/mol. The standard InChI is InChI=1S/C27H25Cl2NO2/c1-16-5-8-20(15-22(16)29)30-23-9-7-19(28)14-21(23)27(4,25(30)31)18-6-10-24-17(13-18)11-12-26(2,3)32-24/h5-10,13-15H,11-12H2,1-4H3/t27-/m0/s1. The third kappa shape index (κ3) is 3.22. The van der Waals surface area contributed by atoms with Crippen LogP contribution in [0.2, 0.25) is 10.0 Å². The molecule has 0 radical (unpaired) electrons. The van der Waals surface area contributed by atoms with Crippen LogP contribution in [-0.4, -0.2) is 11.5 Å². The minimum Gasteiger partial charge on any atom is -0.488 e. The molecule has 1 atom stereocenters. The molecule has 2 heterocycles. The molecular formula is C27H25Cl2NO2. The zero-order chi connectivity index (χ0) is 22.8. The molecular weight excluding hydrogens is 441 g/mol. The lowest BCUT2D eigenvalue weighted by atomic mass is 9.76. The van der Waals surface area contributed by atoms with Crippen LogP contribution < -0.4 is 9.64 Å². The highest BCUT2D eigenvalue weighted by Crippen LogP contribution is 2.51. The van der Waals surface area contributed by atoms with Gasteiger partial charge in [-0.05, 0) is 99.2 Å². The number of halogens is 2. The van der Waals surface area contributed by atoms with Gasteiger partial charge >= 0.3 is 0 Å². The van der Waals surface area contributed by atoms with E-state index >= 15 is 0 Å². The van der Waals surface area contributed by atoms with Crippen molar-refractivity contribution in [2.75, 3.05) is 4.90 Å². The summed E-state index contributed by atoms with van der Waals surface area (Å²) in [6.45, 7) is 8.14. The highest BCUT2D eigenvalue weighted by Gasteiger charge is 2.49. The third-order valence-electron chi connectivity index (χ3n) is 6.80. The Balaban J connectivity index is 1.67. The Kier molecular flexibility index (Phi) is 4.85. The number of fused-ring (bicyclic) bond motifs is 2. The molecule has 0 spiro atoms. The predicted octanol–water partition coefficient (Wildman–Crippen LogP) is 7.39. The maximum Gasteiger partial charge on any atom is 0.246 e. The molecule has 3 aromatic rings. The van der Waals surface area contributed by atoms with Gasteiger partial charge in [0.25, 0.3) is 0 Å². The molecule has 2 aliphatic rings. The van der Waals surface area contributed by atoms with E-state index in [2.05, 4.69) is 19.9 Å². The molecule has 0 N–H and O–H groups in total. The number of carbonyl (C=O) groups is 1. The molecule has 0 unspecified atom stereocenters. The molecule has 0 saturated carbocycles. The van der Waals surface area contributed by atoms with Crippen LogP contribution in [0, 0.1) is 6.92 Å². The fourth-order valence-electron chi connectivity index (χ4n) is 4.78. The Morgan fingerprint density at radius 3 is 2.50 bits per heavy atom. The minimum atomic E-state index is -0.875. The summed E-state index contributed by atoms with van der Waals surface area (Å²) in [6.07, 6.45) is 1.85. The molecule has 0 bridgehead atoms. The number of hydrogen-bond donors (Lipinski definition) is 0. The molecule has 3 aromatic carbocycles. The van der Waals surface area contributed by atoms with Crippen molar-refractivity contribution < 1.29 is 9.53 Å². The lowest BCUT2D eigenvalue weighted by molar-refractivity contribution is -0.120. The number of aryl methyl sites for hydroxylation is 2. The van der Waals surface area contributed by atoms with E-state index in [9.17, 15) is 4.79 Å². The van der Waals surface area contributed by atoms with Crippen LogP contribution in [0.3, 0.4) is 0 Å². The van der Waals surface area contributed by atoms with Crippen molar-refractivity contribution in [1.82, 2.24) is 0 Å². The predicted molar refractivity (Wildman–Crippen MR) is 131 cm³/mol. The van der Waals surface area contributed by atoms with E-state index in [1.165, 1.54) is 0 Å². The van der Waals surface area contributed by atoms with Gasteiger partial charge in [0, 0.05) is 10.0 Å². The second-order valence-corrected chi connectivity index (χ2v) is 10.4. The first-order chi connectivity index (χ1) is 15.1. The zero-order valence-corrected chi connectivity index (χ0v) is 20.1. The second-order valence-electron chi connectivity index (χ2n) is 9.54. The number of benzene rings is 3. The molecule has 32 heavy (non-hydrogen) atoms. The van der Waals surface area contributed by atoms with E-state index in [4.69, 9.17) is 27.9 Å². The summed E-state index contributed by atoms with van der Waals surface area (Å²) in [6, 6.07) is 17.5. The van der Waals surface area contributed by atoms with E-state index in [0.717, 1.165) is 52.2 Å². The van der Waals surface area contributed by atoms with E-state index in [1.54, 1.807) is 4.90 Å². The molecule has 0 aromatic heterocycles. The number of amides is 1. The van der Waals surface area contributed by atoms with Crippen LogP contribution in [-0.2, 0) is 16.6 Å². The van der Waals surface area contributed by atoms with Gasteiger partial charge in [-0.2, -0.15) is 0 Å². The second kappa shape index (κ2) is 7.26. The van der Waals surface area contributed by atoms with E-state index < -0.39 is 5.41 Å².